The van der Waals surface area contributed by atoms with E-state index >= 15 is 0 Å². The second kappa shape index (κ2) is 13.1. The molecule has 2 aromatic carbocycles. The maximum atomic E-state index is 5.82. The second-order valence-electron chi connectivity index (χ2n) is 7.84. The Morgan fingerprint density at radius 1 is 0.742 bits per heavy atom. The molecule has 0 fully saturated rings. The van der Waals surface area contributed by atoms with Gasteiger partial charge in [0.1, 0.15) is 22.4 Å². The van der Waals surface area contributed by atoms with E-state index in [9.17, 15) is 0 Å². The van der Waals surface area contributed by atoms with Crippen LogP contribution in [0.2, 0.25) is 0 Å². The molecule has 4 heteroatoms. The number of unbranched alkanes of at least 4 members (excludes halogenated alkanes) is 5. The van der Waals surface area contributed by atoms with E-state index in [1.54, 1.807) is 11.3 Å². The van der Waals surface area contributed by atoms with Crippen LogP contribution in [0.15, 0.2) is 60.7 Å². The Bertz CT molecular complexity index is 913. The fourth-order valence-corrected chi connectivity index (χ4v) is 4.28. The lowest BCUT2D eigenvalue weighted by atomic mass is 10.0. The fourth-order valence-electron chi connectivity index (χ4n) is 3.39. The van der Waals surface area contributed by atoms with Crippen molar-refractivity contribution in [2.45, 2.75) is 65.2 Å². The number of rotatable bonds is 13. The van der Waals surface area contributed by atoms with Crippen LogP contribution in [0.4, 0.5) is 0 Å². The minimum atomic E-state index is 0.627. The quantitative estimate of drug-likeness (QED) is 0.201. The molecule has 3 aromatic rings. The zero-order valence-corrected chi connectivity index (χ0v) is 19.7. The highest BCUT2D eigenvalue weighted by Gasteiger charge is 2.07. The van der Waals surface area contributed by atoms with Gasteiger partial charge in [-0.25, -0.2) is 0 Å². The normalized spacial score (nSPS) is 11.3. The topological polar surface area (TPSA) is 35.0 Å². The van der Waals surface area contributed by atoms with Crippen LogP contribution in [-0.2, 0) is 6.42 Å². The molecule has 164 valence electrons. The molecule has 0 bridgehead atoms. The summed E-state index contributed by atoms with van der Waals surface area (Å²) in [5, 5.41) is 10.9. The molecule has 0 N–H and O–H groups in total. The van der Waals surface area contributed by atoms with Crippen molar-refractivity contribution in [2.75, 3.05) is 6.61 Å². The Kier molecular flexibility index (Phi) is 9.78. The molecule has 0 aliphatic heterocycles. The summed E-state index contributed by atoms with van der Waals surface area (Å²) in [4.78, 5) is 0. The summed E-state index contributed by atoms with van der Waals surface area (Å²) in [7, 11) is 0. The molecule has 0 amide bonds. The zero-order valence-electron chi connectivity index (χ0n) is 18.8. The van der Waals surface area contributed by atoms with E-state index < -0.39 is 0 Å². The van der Waals surface area contributed by atoms with Gasteiger partial charge in [-0.15, -0.1) is 10.2 Å². The molecule has 1 aromatic heterocycles. The molecule has 0 atom stereocenters. The fraction of sp³-hybridized carbons (Fsp3) is 0.407. The van der Waals surface area contributed by atoms with Crippen molar-refractivity contribution < 1.29 is 4.74 Å². The summed E-state index contributed by atoms with van der Waals surface area (Å²) in [6.45, 7) is 5.08. The third-order valence-corrected chi connectivity index (χ3v) is 6.30. The first-order valence-electron chi connectivity index (χ1n) is 11.6. The zero-order chi connectivity index (χ0) is 21.7. The van der Waals surface area contributed by atoms with Gasteiger partial charge in [-0.3, -0.25) is 0 Å². The molecule has 0 saturated heterocycles. The Labute approximate surface area is 191 Å². The smallest absolute Gasteiger partial charge is 0.147 e. The maximum absolute atomic E-state index is 5.82. The van der Waals surface area contributed by atoms with Crippen molar-refractivity contribution in [3.05, 3.63) is 65.7 Å². The lowest BCUT2D eigenvalue weighted by Crippen LogP contribution is -1.93. The first-order valence-corrected chi connectivity index (χ1v) is 12.4. The van der Waals surface area contributed by atoms with E-state index in [1.807, 2.05) is 12.1 Å². The molecule has 0 radical (unpaired) electrons. The summed E-state index contributed by atoms with van der Waals surface area (Å²) in [6, 6.07) is 16.9. The van der Waals surface area contributed by atoms with E-state index in [0.717, 1.165) is 34.2 Å². The second-order valence-corrected chi connectivity index (χ2v) is 8.90. The number of benzene rings is 2. The standard InChI is InChI=1S/C27H34N2OS/c1-3-5-7-8-9-11-21-30-25-19-17-23(18-20-25)22-13-15-24(16-14-22)27-29-28-26(31-27)12-10-6-4-2/h9,11,13-20H,3-8,10,12,21H2,1-2H3. The Balaban J connectivity index is 1.51. The van der Waals surface area contributed by atoms with Gasteiger partial charge >= 0.3 is 0 Å². The van der Waals surface area contributed by atoms with Gasteiger partial charge < -0.3 is 4.74 Å². The van der Waals surface area contributed by atoms with E-state index in [1.165, 1.54) is 49.7 Å². The molecular formula is C27H34N2OS. The number of hydrogen-bond donors (Lipinski definition) is 0. The molecule has 3 nitrogen and oxygen atoms in total. The van der Waals surface area contributed by atoms with Crippen molar-refractivity contribution in [2.24, 2.45) is 0 Å². The van der Waals surface area contributed by atoms with Crippen molar-refractivity contribution in [3.8, 4) is 27.4 Å². The van der Waals surface area contributed by atoms with Crippen LogP contribution in [0, 0.1) is 0 Å². The Morgan fingerprint density at radius 3 is 2.10 bits per heavy atom. The number of aryl methyl sites for hydroxylation is 1. The van der Waals surface area contributed by atoms with Crippen LogP contribution in [0.25, 0.3) is 21.7 Å². The van der Waals surface area contributed by atoms with E-state index in [-0.39, 0.29) is 0 Å². The monoisotopic (exact) mass is 434 g/mol. The van der Waals surface area contributed by atoms with E-state index in [4.69, 9.17) is 4.74 Å². The van der Waals surface area contributed by atoms with Crippen LogP contribution < -0.4 is 4.74 Å². The lowest BCUT2D eigenvalue weighted by molar-refractivity contribution is 0.362. The van der Waals surface area contributed by atoms with Crippen molar-refractivity contribution in [1.82, 2.24) is 10.2 Å². The molecule has 0 aliphatic carbocycles. The molecule has 0 aliphatic rings. The molecule has 1 heterocycles. The highest BCUT2D eigenvalue weighted by molar-refractivity contribution is 7.14. The molecular weight excluding hydrogens is 400 g/mol. The number of ether oxygens (including phenoxy) is 1. The van der Waals surface area contributed by atoms with Crippen molar-refractivity contribution in [1.29, 1.82) is 0 Å². The first-order chi connectivity index (χ1) is 15.3. The highest BCUT2D eigenvalue weighted by atomic mass is 32.1. The van der Waals surface area contributed by atoms with Gasteiger partial charge in [0.05, 0.1) is 0 Å². The third-order valence-electron chi connectivity index (χ3n) is 5.27. The van der Waals surface area contributed by atoms with Gasteiger partial charge in [-0.2, -0.15) is 0 Å². The summed E-state index contributed by atoms with van der Waals surface area (Å²) < 4.78 is 5.82. The molecule has 0 spiro atoms. The van der Waals surface area contributed by atoms with E-state index in [0.29, 0.717) is 6.61 Å². The Hall–Kier alpha value is -2.46. The molecule has 3 rings (SSSR count). The number of allylic oxidation sites excluding steroid dienone is 1. The number of nitrogens with zero attached hydrogens (tertiary/aromatic N) is 2. The summed E-state index contributed by atoms with van der Waals surface area (Å²) >= 11 is 1.71. The van der Waals surface area contributed by atoms with E-state index in [2.05, 4.69) is 72.6 Å². The minimum absolute atomic E-state index is 0.627. The third kappa shape index (κ3) is 7.62. The molecule has 0 unspecified atom stereocenters. The predicted octanol–water partition coefficient (Wildman–Crippen LogP) is 8.12. The SMILES string of the molecule is CCCCCC=CCOc1ccc(-c2ccc(-c3nnc(CCCCC)s3)cc2)cc1. The van der Waals surface area contributed by atoms with Gasteiger partial charge in [0, 0.05) is 12.0 Å². The highest BCUT2D eigenvalue weighted by Crippen LogP contribution is 2.28. The predicted molar refractivity (Wildman–Crippen MR) is 133 cm³/mol. The lowest BCUT2D eigenvalue weighted by Gasteiger charge is -2.06. The molecule has 0 saturated carbocycles. The van der Waals surface area contributed by atoms with Crippen LogP contribution >= 0.6 is 11.3 Å². The number of aromatic nitrogens is 2. The van der Waals surface area contributed by atoms with Crippen molar-refractivity contribution in [3.63, 3.8) is 0 Å². The van der Waals surface area contributed by atoms with Crippen LogP contribution in [0.5, 0.6) is 5.75 Å². The average Bonchev–Trinajstić information content (AvgIpc) is 3.28. The van der Waals surface area contributed by atoms with Crippen molar-refractivity contribution >= 4 is 11.3 Å². The first kappa shape index (κ1) is 23.2. The van der Waals surface area contributed by atoms with Gasteiger partial charge in [-0.05, 0) is 42.5 Å². The van der Waals surface area contributed by atoms with Crippen LogP contribution in [0.3, 0.4) is 0 Å². The van der Waals surface area contributed by atoms with Gasteiger partial charge in [0.15, 0.2) is 0 Å². The van der Waals surface area contributed by atoms with Gasteiger partial charge in [0.2, 0.25) is 0 Å². The maximum Gasteiger partial charge on any atom is 0.147 e. The largest absolute Gasteiger partial charge is 0.490 e. The summed E-state index contributed by atoms with van der Waals surface area (Å²) in [5.41, 5.74) is 3.51. The number of hydrogen-bond acceptors (Lipinski definition) is 4. The minimum Gasteiger partial charge on any atom is -0.490 e. The van der Waals surface area contributed by atoms with Gasteiger partial charge in [-0.1, -0.05) is 99.4 Å². The summed E-state index contributed by atoms with van der Waals surface area (Å²) in [6.07, 6.45) is 14.0. The van der Waals surface area contributed by atoms with Crippen LogP contribution in [0.1, 0.15) is 63.8 Å². The summed E-state index contributed by atoms with van der Waals surface area (Å²) in [5.74, 6) is 0.906. The van der Waals surface area contributed by atoms with Gasteiger partial charge in [0.25, 0.3) is 0 Å². The Morgan fingerprint density at radius 2 is 1.39 bits per heavy atom. The van der Waals surface area contributed by atoms with Crippen LogP contribution in [-0.4, -0.2) is 16.8 Å². The average molecular weight is 435 g/mol. The molecule has 31 heavy (non-hydrogen) atoms.